The minimum Gasteiger partial charge on any atom is -0.508 e. The van der Waals surface area contributed by atoms with Gasteiger partial charge in [-0.3, -0.25) is 19.2 Å². The molecule has 4 aromatic rings. The van der Waals surface area contributed by atoms with Gasteiger partial charge < -0.3 is 24.9 Å². The first-order chi connectivity index (χ1) is 20.7. The van der Waals surface area contributed by atoms with Crippen LogP contribution in [0.4, 0.5) is 11.4 Å². The molecule has 13 heteroatoms. The third kappa shape index (κ3) is 5.61. The molecule has 3 heterocycles. The van der Waals surface area contributed by atoms with E-state index in [1.807, 2.05) is 0 Å². The van der Waals surface area contributed by atoms with Gasteiger partial charge in [0, 0.05) is 21.5 Å². The number of nitrogens with zero attached hydrogens (tertiary/aromatic N) is 1. The van der Waals surface area contributed by atoms with Crippen LogP contribution in [0.2, 0.25) is 5.02 Å². The van der Waals surface area contributed by atoms with E-state index in [0.29, 0.717) is 50.0 Å². The number of fused-ring (bicyclic) bond motifs is 2. The van der Waals surface area contributed by atoms with Crippen molar-refractivity contribution in [2.75, 3.05) is 23.4 Å². The predicted molar refractivity (Wildman–Crippen MR) is 164 cm³/mol. The van der Waals surface area contributed by atoms with Crippen molar-refractivity contribution < 1.29 is 29.0 Å². The zero-order chi connectivity index (χ0) is 30.2. The fraction of sp³-hybridized carbons (Fsp3) is 0.200. The number of hydrogen-bond donors (Lipinski definition) is 3. The van der Waals surface area contributed by atoms with Crippen LogP contribution in [0.15, 0.2) is 76.6 Å². The average molecular weight is 638 g/mol. The van der Waals surface area contributed by atoms with Crippen LogP contribution in [0.1, 0.15) is 23.3 Å². The second-order valence-corrected chi connectivity index (χ2v) is 12.4. The van der Waals surface area contributed by atoms with Gasteiger partial charge in [-0.2, -0.15) is 0 Å². The largest absolute Gasteiger partial charge is 0.508 e. The van der Waals surface area contributed by atoms with E-state index in [-0.39, 0.29) is 29.0 Å². The monoisotopic (exact) mass is 637 g/mol. The van der Waals surface area contributed by atoms with Gasteiger partial charge in [0.1, 0.15) is 11.0 Å². The zero-order valence-corrected chi connectivity index (χ0v) is 24.9. The Hall–Kier alpha value is -4.26. The van der Waals surface area contributed by atoms with Crippen molar-refractivity contribution in [1.82, 2.24) is 4.98 Å². The first-order valence-corrected chi connectivity index (χ1v) is 15.3. The number of rotatable bonds is 8. The molecule has 2 aliphatic rings. The summed E-state index contributed by atoms with van der Waals surface area (Å²) in [6, 6.07) is 17.7. The Kier molecular flexibility index (Phi) is 7.91. The molecule has 0 radical (unpaired) electrons. The Bertz CT molecular complexity index is 1770. The predicted octanol–water partition coefficient (Wildman–Crippen LogP) is 5.01. The second kappa shape index (κ2) is 11.8. The van der Waals surface area contributed by atoms with E-state index < -0.39 is 23.0 Å². The Balaban J connectivity index is 1.31. The highest BCUT2D eigenvalue weighted by atomic mass is 35.5. The first kappa shape index (κ1) is 28.8. The van der Waals surface area contributed by atoms with Crippen LogP contribution in [0.25, 0.3) is 0 Å². The van der Waals surface area contributed by atoms with Crippen LogP contribution in [0.5, 0.6) is 17.2 Å². The average Bonchev–Trinajstić information content (AvgIpc) is 3.48. The molecular weight excluding hydrogens is 614 g/mol. The van der Waals surface area contributed by atoms with E-state index in [9.17, 15) is 24.3 Å². The summed E-state index contributed by atoms with van der Waals surface area (Å²) in [6.07, 6.45) is 0. The molecule has 0 unspecified atom stereocenters. The van der Waals surface area contributed by atoms with Crippen LogP contribution in [0.3, 0.4) is 0 Å². The smallest absolute Gasteiger partial charge is 0.305 e. The van der Waals surface area contributed by atoms with Crippen molar-refractivity contribution >= 4 is 63.8 Å². The second-order valence-electron chi connectivity index (χ2n) is 9.76. The number of aromatic hydroxyl groups is 1. The van der Waals surface area contributed by atoms with Gasteiger partial charge >= 0.3 is 4.87 Å². The summed E-state index contributed by atoms with van der Waals surface area (Å²) in [5, 5.41) is 12.4. The number of carbonyl (C=O) groups excluding carboxylic acids is 3. The number of imide groups is 1. The van der Waals surface area contributed by atoms with Crippen LogP contribution >= 0.6 is 34.7 Å². The summed E-state index contributed by atoms with van der Waals surface area (Å²) in [5.41, 5.74) is 1.59. The minimum absolute atomic E-state index is 0.0824. The molecule has 0 spiro atoms. The lowest BCUT2D eigenvalue weighted by Crippen LogP contribution is -2.32. The summed E-state index contributed by atoms with van der Waals surface area (Å²) in [7, 11) is 0. The van der Waals surface area contributed by atoms with Gasteiger partial charge in [-0.25, -0.2) is 4.90 Å². The molecule has 1 fully saturated rings. The van der Waals surface area contributed by atoms with Gasteiger partial charge in [0.05, 0.1) is 23.2 Å². The number of thiazole rings is 1. The van der Waals surface area contributed by atoms with Crippen LogP contribution in [-0.2, 0) is 14.4 Å². The highest BCUT2D eigenvalue weighted by Crippen LogP contribution is 2.53. The molecular formula is C30H24ClN3O7S2. The molecule has 3 N–H and O–H groups in total. The molecule has 3 atom stereocenters. The van der Waals surface area contributed by atoms with E-state index in [4.69, 9.17) is 21.1 Å². The van der Waals surface area contributed by atoms with Gasteiger partial charge in [-0.1, -0.05) is 40.8 Å². The van der Waals surface area contributed by atoms with E-state index in [2.05, 4.69) is 10.3 Å². The summed E-state index contributed by atoms with van der Waals surface area (Å²) < 4.78 is 11.6. The maximum absolute atomic E-state index is 13.9. The van der Waals surface area contributed by atoms with Gasteiger partial charge in [0.25, 0.3) is 5.91 Å². The molecule has 43 heavy (non-hydrogen) atoms. The number of benzene rings is 3. The van der Waals surface area contributed by atoms with E-state index in [1.165, 1.54) is 28.8 Å². The Morgan fingerprint density at radius 2 is 1.74 bits per heavy atom. The van der Waals surface area contributed by atoms with Crippen LogP contribution < -0.4 is 24.6 Å². The molecule has 0 aliphatic carbocycles. The topological polar surface area (TPSA) is 138 Å². The number of ether oxygens (including phenoxy) is 2. The molecule has 6 rings (SSSR count). The maximum Gasteiger partial charge on any atom is 0.305 e. The SMILES string of the molecule is CCOc1cc([C@@H]2c3sc(=O)[nH]c3S[C@H]3C(=O)N(c4ccc(Cl)cc4)C(=O)[C@@H]23)ccc1OCC(=O)Nc1ccc(O)cc1. The molecule has 0 bridgehead atoms. The number of halogens is 1. The molecule has 0 saturated carbocycles. The Morgan fingerprint density at radius 1 is 1.00 bits per heavy atom. The standard InChI is InChI=1S/C30H24ClN3O7S2/c1-2-40-21-13-15(3-12-20(21)41-14-22(36)32-17-6-10-19(35)11-7-17)23-24-26(42-27-25(23)43-30(39)33-27)29(38)34(28(24)37)18-8-4-16(31)5-9-18/h3-13,23-24,26,35H,2,14H2,1H3,(H,32,36)(H,33,39)/t23-,24-,26+/m0/s1. The van der Waals surface area contributed by atoms with E-state index >= 15 is 0 Å². The highest BCUT2D eigenvalue weighted by Gasteiger charge is 2.56. The van der Waals surface area contributed by atoms with E-state index in [0.717, 1.165) is 11.3 Å². The number of phenolic OH excluding ortho intramolecular Hbond substituents is 1. The van der Waals surface area contributed by atoms with Gasteiger partial charge in [0.2, 0.25) is 11.8 Å². The molecule has 3 aromatic carbocycles. The summed E-state index contributed by atoms with van der Waals surface area (Å²) in [5.74, 6) is -1.78. The number of nitrogens with one attached hydrogen (secondary N) is 2. The molecule has 220 valence electrons. The summed E-state index contributed by atoms with van der Waals surface area (Å²) >= 11 is 8.24. The van der Waals surface area contributed by atoms with Gasteiger partial charge in [-0.15, -0.1) is 0 Å². The number of thioether (sulfide) groups is 1. The van der Waals surface area contributed by atoms with Gasteiger partial charge in [0.15, 0.2) is 18.1 Å². The molecule has 10 nitrogen and oxygen atoms in total. The Morgan fingerprint density at radius 3 is 2.47 bits per heavy atom. The fourth-order valence-electron chi connectivity index (χ4n) is 5.21. The number of amides is 3. The number of hydrogen-bond acceptors (Lipinski definition) is 9. The van der Waals surface area contributed by atoms with Crippen LogP contribution in [0, 0.1) is 5.92 Å². The highest BCUT2D eigenvalue weighted by molar-refractivity contribution is 8.00. The lowest BCUT2D eigenvalue weighted by atomic mass is 9.83. The molecule has 3 amide bonds. The normalized spacial score (nSPS) is 19.1. The van der Waals surface area contributed by atoms with Crippen LogP contribution in [-0.4, -0.2) is 46.3 Å². The number of aromatic nitrogens is 1. The van der Waals surface area contributed by atoms with Crippen molar-refractivity contribution in [3.05, 3.63) is 91.9 Å². The molecule has 1 saturated heterocycles. The zero-order valence-electron chi connectivity index (χ0n) is 22.5. The molecule has 1 aromatic heterocycles. The lowest BCUT2D eigenvalue weighted by Gasteiger charge is -2.30. The van der Waals surface area contributed by atoms with Crippen molar-refractivity contribution in [2.45, 2.75) is 23.1 Å². The fourth-order valence-corrected chi connectivity index (χ4v) is 7.85. The number of carbonyl (C=O) groups is 3. The third-order valence-electron chi connectivity index (χ3n) is 7.05. The quantitative estimate of drug-likeness (QED) is 0.181. The minimum atomic E-state index is -0.774. The number of H-pyrrole nitrogens is 1. The van der Waals surface area contributed by atoms with Crippen molar-refractivity contribution in [3.63, 3.8) is 0 Å². The van der Waals surface area contributed by atoms with Crippen molar-refractivity contribution in [1.29, 1.82) is 0 Å². The summed E-state index contributed by atoms with van der Waals surface area (Å²) in [4.78, 5) is 56.9. The lowest BCUT2D eigenvalue weighted by molar-refractivity contribution is -0.122. The van der Waals surface area contributed by atoms with Crippen molar-refractivity contribution in [3.8, 4) is 17.2 Å². The van der Waals surface area contributed by atoms with Gasteiger partial charge in [-0.05, 0) is 73.2 Å². The number of phenols is 1. The number of aromatic amines is 1. The number of anilines is 2. The first-order valence-electron chi connectivity index (χ1n) is 13.2. The Labute approximate surface area is 258 Å². The van der Waals surface area contributed by atoms with Crippen molar-refractivity contribution in [2.24, 2.45) is 5.92 Å². The van der Waals surface area contributed by atoms with E-state index in [1.54, 1.807) is 61.5 Å². The molecule has 2 aliphatic heterocycles. The third-order valence-corrected chi connectivity index (χ3v) is 9.70. The maximum atomic E-state index is 13.9. The summed E-state index contributed by atoms with van der Waals surface area (Å²) in [6.45, 7) is 1.80.